The van der Waals surface area contributed by atoms with Gasteiger partial charge in [0.1, 0.15) is 0 Å². The van der Waals surface area contributed by atoms with E-state index in [9.17, 15) is 4.79 Å². The molecule has 5 heteroatoms. The number of ether oxygens (including phenoxy) is 3. The number of nitrogens with zero attached hydrogens (tertiary/aromatic N) is 1. The summed E-state index contributed by atoms with van der Waals surface area (Å²) in [6.07, 6.45) is 1.94. The number of likely N-dealkylation sites (tertiary alicyclic amines) is 1. The van der Waals surface area contributed by atoms with Crippen LogP contribution >= 0.6 is 0 Å². The van der Waals surface area contributed by atoms with E-state index in [1.807, 2.05) is 49.1 Å². The predicted octanol–water partition coefficient (Wildman–Crippen LogP) is 4.55. The fourth-order valence-corrected chi connectivity index (χ4v) is 3.59. The molecule has 0 bridgehead atoms. The summed E-state index contributed by atoms with van der Waals surface area (Å²) in [5.41, 5.74) is 1.84. The molecular weight excluding hydrogens is 366 g/mol. The van der Waals surface area contributed by atoms with Crippen molar-refractivity contribution in [3.63, 3.8) is 0 Å². The molecule has 0 atom stereocenters. The Morgan fingerprint density at radius 2 is 1.66 bits per heavy atom. The van der Waals surface area contributed by atoms with Crippen LogP contribution in [0.3, 0.4) is 0 Å². The van der Waals surface area contributed by atoms with E-state index < -0.39 is 0 Å². The maximum atomic E-state index is 12.9. The Morgan fingerprint density at radius 1 is 0.966 bits per heavy atom. The van der Waals surface area contributed by atoms with Crippen LogP contribution in [0.1, 0.15) is 42.6 Å². The third-order valence-electron chi connectivity index (χ3n) is 5.16. The Bertz CT molecular complexity index is 770. The van der Waals surface area contributed by atoms with Gasteiger partial charge in [-0.3, -0.25) is 4.79 Å². The molecule has 29 heavy (non-hydrogen) atoms. The van der Waals surface area contributed by atoms with E-state index in [-0.39, 0.29) is 5.91 Å². The first-order valence-corrected chi connectivity index (χ1v) is 10.5. The lowest BCUT2D eigenvalue weighted by molar-refractivity contribution is 0.0478. The van der Waals surface area contributed by atoms with Crippen LogP contribution in [0.15, 0.2) is 48.5 Å². The van der Waals surface area contributed by atoms with E-state index in [0.717, 1.165) is 32.5 Å². The lowest BCUT2D eigenvalue weighted by atomic mass is 9.97. The highest BCUT2D eigenvalue weighted by molar-refractivity contribution is 5.95. The Morgan fingerprint density at radius 3 is 2.34 bits per heavy atom. The number of piperidine rings is 1. The highest BCUT2D eigenvalue weighted by Gasteiger charge is 2.24. The average Bonchev–Trinajstić information content (AvgIpc) is 2.76. The Labute approximate surface area is 173 Å². The summed E-state index contributed by atoms with van der Waals surface area (Å²) in [4.78, 5) is 14.9. The van der Waals surface area contributed by atoms with Gasteiger partial charge >= 0.3 is 0 Å². The molecule has 1 amide bonds. The second-order valence-corrected chi connectivity index (χ2v) is 7.26. The maximum absolute atomic E-state index is 12.9. The fraction of sp³-hybridized carbons (Fsp3) is 0.458. The van der Waals surface area contributed by atoms with Crippen molar-refractivity contribution in [3.8, 4) is 11.5 Å². The smallest absolute Gasteiger partial charge is 0.253 e. The van der Waals surface area contributed by atoms with Crippen LogP contribution < -0.4 is 9.47 Å². The minimum absolute atomic E-state index is 0.0534. The maximum Gasteiger partial charge on any atom is 0.253 e. The molecule has 0 spiro atoms. The number of carbonyl (C=O) groups is 1. The van der Waals surface area contributed by atoms with Crippen LogP contribution in [0.2, 0.25) is 0 Å². The van der Waals surface area contributed by atoms with E-state index in [4.69, 9.17) is 14.2 Å². The molecule has 1 heterocycles. The standard InChI is InChI=1S/C24H31NO4/c1-3-28-22-11-10-21(16-23(22)29-4-2)24(26)25-14-12-20(13-15-25)18-27-17-19-8-6-5-7-9-19/h5-11,16,20H,3-4,12-15,17-18H2,1-2H3. The molecule has 2 aromatic carbocycles. The minimum atomic E-state index is 0.0534. The molecule has 1 fully saturated rings. The van der Waals surface area contributed by atoms with Crippen molar-refractivity contribution in [2.45, 2.75) is 33.3 Å². The number of rotatable bonds is 9. The first-order chi connectivity index (χ1) is 14.2. The van der Waals surface area contributed by atoms with Gasteiger partial charge in [-0.1, -0.05) is 30.3 Å². The molecule has 0 saturated carbocycles. The van der Waals surface area contributed by atoms with Crippen molar-refractivity contribution in [2.75, 3.05) is 32.9 Å². The summed E-state index contributed by atoms with van der Waals surface area (Å²) >= 11 is 0. The van der Waals surface area contributed by atoms with E-state index in [1.165, 1.54) is 5.56 Å². The van der Waals surface area contributed by atoms with E-state index >= 15 is 0 Å². The summed E-state index contributed by atoms with van der Waals surface area (Å²) in [6, 6.07) is 15.7. The quantitative estimate of drug-likeness (QED) is 0.623. The molecule has 5 nitrogen and oxygen atoms in total. The third kappa shape index (κ3) is 5.97. The first kappa shape index (κ1) is 21.2. The number of amides is 1. The molecule has 0 N–H and O–H groups in total. The van der Waals surface area contributed by atoms with Crippen molar-refractivity contribution < 1.29 is 19.0 Å². The molecule has 0 aromatic heterocycles. The van der Waals surface area contributed by atoms with Gasteiger partial charge in [0.2, 0.25) is 0 Å². The number of hydrogen-bond donors (Lipinski definition) is 0. The Kier molecular flexibility index (Phi) is 7.94. The Balaban J connectivity index is 1.50. The van der Waals surface area contributed by atoms with Crippen LogP contribution in [0.5, 0.6) is 11.5 Å². The second kappa shape index (κ2) is 10.9. The van der Waals surface area contributed by atoms with Crippen LogP contribution in [-0.2, 0) is 11.3 Å². The summed E-state index contributed by atoms with van der Waals surface area (Å²) in [7, 11) is 0. The van der Waals surface area contributed by atoms with Gasteiger partial charge in [0.25, 0.3) is 5.91 Å². The largest absolute Gasteiger partial charge is 0.490 e. The zero-order valence-electron chi connectivity index (χ0n) is 17.4. The van der Waals surface area contributed by atoms with Gasteiger partial charge in [-0.15, -0.1) is 0 Å². The lowest BCUT2D eigenvalue weighted by Gasteiger charge is -2.32. The van der Waals surface area contributed by atoms with Gasteiger partial charge in [0.15, 0.2) is 11.5 Å². The third-order valence-corrected chi connectivity index (χ3v) is 5.16. The number of benzene rings is 2. The fourth-order valence-electron chi connectivity index (χ4n) is 3.59. The second-order valence-electron chi connectivity index (χ2n) is 7.26. The summed E-state index contributed by atoms with van der Waals surface area (Å²) < 4.78 is 17.1. The number of hydrogen-bond acceptors (Lipinski definition) is 4. The van der Waals surface area contributed by atoms with Crippen molar-refractivity contribution in [1.82, 2.24) is 4.90 Å². The van der Waals surface area contributed by atoms with Gasteiger partial charge in [-0.2, -0.15) is 0 Å². The van der Waals surface area contributed by atoms with Crippen molar-refractivity contribution >= 4 is 5.91 Å². The highest BCUT2D eigenvalue weighted by Crippen LogP contribution is 2.29. The first-order valence-electron chi connectivity index (χ1n) is 10.5. The Hall–Kier alpha value is -2.53. The summed E-state index contributed by atoms with van der Waals surface area (Å²) in [5.74, 6) is 1.87. The van der Waals surface area contributed by atoms with E-state index in [1.54, 1.807) is 6.07 Å². The monoisotopic (exact) mass is 397 g/mol. The van der Waals surface area contributed by atoms with Crippen LogP contribution in [-0.4, -0.2) is 43.7 Å². The number of carbonyl (C=O) groups excluding carboxylic acids is 1. The lowest BCUT2D eigenvalue weighted by Crippen LogP contribution is -2.39. The predicted molar refractivity (Wildman–Crippen MR) is 114 cm³/mol. The molecule has 1 saturated heterocycles. The highest BCUT2D eigenvalue weighted by atomic mass is 16.5. The summed E-state index contributed by atoms with van der Waals surface area (Å²) in [5, 5.41) is 0. The van der Waals surface area contributed by atoms with Crippen LogP contribution in [0, 0.1) is 5.92 Å². The van der Waals surface area contributed by atoms with Crippen LogP contribution in [0.4, 0.5) is 0 Å². The van der Waals surface area contributed by atoms with Gasteiger partial charge in [-0.25, -0.2) is 0 Å². The molecule has 0 unspecified atom stereocenters. The molecule has 3 rings (SSSR count). The molecule has 156 valence electrons. The molecule has 1 aliphatic rings. The summed E-state index contributed by atoms with van der Waals surface area (Å²) in [6.45, 7) is 7.86. The molecule has 0 radical (unpaired) electrons. The molecule has 0 aliphatic carbocycles. The normalized spacial score (nSPS) is 14.6. The van der Waals surface area contributed by atoms with Gasteiger partial charge in [0, 0.05) is 25.3 Å². The van der Waals surface area contributed by atoms with Gasteiger partial charge in [-0.05, 0) is 56.4 Å². The van der Waals surface area contributed by atoms with Gasteiger partial charge < -0.3 is 19.1 Å². The molecule has 2 aromatic rings. The van der Waals surface area contributed by atoms with Crippen molar-refractivity contribution in [2.24, 2.45) is 5.92 Å². The van der Waals surface area contributed by atoms with Crippen molar-refractivity contribution in [1.29, 1.82) is 0 Å². The van der Waals surface area contributed by atoms with Crippen LogP contribution in [0.25, 0.3) is 0 Å². The van der Waals surface area contributed by atoms with Gasteiger partial charge in [0.05, 0.1) is 19.8 Å². The van der Waals surface area contributed by atoms with Crippen molar-refractivity contribution in [3.05, 3.63) is 59.7 Å². The van der Waals surface area contributed by atoms with E-state index in [0.29, 0.717) is 42.8 Å². The molecular formula is C24H31NO4. The SMILES string of the molecule is CCOc1ccc(C(=O)N2CCC(COCc3ccccc3)CC2)cc1OCC. The van der Waals surface area contributed by atoms with E-state index in [2.05, 4.69) is 12.1 Å². The topological polar surface area (TPSA) is 48.0 Å². The molecule has 1 aliphatic heterocycles. The minimum Gasteiger partial charge on any atom is -0.490 e. The zero-order valence-corrected chi connectivity index (χ0v) is 17.4. The zero-order chi connectivity index (χ0) is 20.5. The average molecular weight is 398 g/mol.